The molecule has 0 unspecified atom stereocenters. The van der Waals surface area contributed by atoms with Gasteiger partial charge in [0, 0.05) is 39.2 Å². The number of carbonyl (C=O) groups excluding carboxylic acids is 3. The zero-order chi connectivity index (χ0) is 21.0. The van der Waals surface area contributed by atoms with Crippen molar-refractivity contribution in [1.29, 1.82) is 0 Å². The van der Waals surface area contributed by atoms with E-state index in [1.807, 2.05) is 24.3 Å². The first-order chi connectivity index (χ1) is 15.0. The van der Waals surface area contributed by atoms with Crippen LogP contribution in [0.15, 0.2) is 36.4 Å². The van der Waals surface area contributed by atoms with E-state index >= 15 is 0 Å². The van der Waals surface area contributed by atoms with E-state index in [-0.39, 0.29) is 17.6 Å². The number of rotatable bonds is 1. The third-order valence-corrected chi connectivity index (χ3v) is 6.87. The Morgan fingerprint density at radius 1 is 0.968 bits per heavy atom. The van der Waals surface area contributed by atoms with E-state index in [1.165, 1.54) is 12.5 Å². The fraction of sp³-hybridized carbons (Fsp3) is 0.160. The molecule has 2 aliphatic rings. The molecule has 2 N–H and O–H groups in total. The Balaban J connectivity index is 1.83. The number of amides is 2. The number of carbonyl (C=O) groups is 3. The van der Waals surface area contributed by atoms with Crippen molar-refractivity contribution in [2.75, 3.05) is 0 Å². The number of imide groups is 1. The van der Waals surface area contributed by atoms with Crippen LogP contribution in [0, 0.1) is 0 Å². The van der Waals surface area contributed by atoms with Crippen molar-refractivity contribution in [3.63, 3.8) is 0 Å². The number of aryl methyl sites for hydroxylation is 2. The van der Waals surface area contributed by atoms with Crippen molar-refractivity contribution in [2.45, 2.75) is 26.3 Å². The molecule has 6 heteroatoms. The van der Waals surface area contributed by atoms with Crippen molar-refractivity contribution >= 4 is 61.2 Å². The number of hydrogen-bond donors (Lipinski definition) is 2. The molecule has 0 saturated carbocycles. The van der Waals surface area contributed by atoms with Gasteiger partial charge >= 0.3 is 0 Å². The van der Waals surface area contributed by atoms with Crippen LogP contribution in [0.4, 0.5) is 0 Å². The van der Waals surface area contributed by atoms with Gasteiger partial charge in [0.15, 0.2) is 5.78 Å². The van der Waals surface area contributed by atoms with Crippen LogP contribution in [0.2, 0.25) is 0 Å². The number of ketones is 1. The minimum absolute atomic E-state index is 0.0392. The summed E-state index contributed by atoms with van der Waals surface area (Å²) in [6.45, 7) is 2.38. The number of Topliss-reactive ketones (excluding diaryl/α,β-unsaturated/α-hetero) is 1. The zero-order valence-corrected chi connectivity index (χ0v) is 16.8. The summed E-state index contributed by atoms with van der Waals surface area (Å²) in [4.78, 5) is 41.5. The Hall–Kier alpha value is -3.93. The van der Waals surface area contributed by atoms with Crippen molar-refractivity contribution in [2.24, 2.45) is 0 Å². The number of aromatic amines is 1. The van der Waals surface area contributed by atoms with E-state index in [9.17, 15) is 14.4 Å². The van der Waals surface area contributed by atoms with E-state index in [0.717, 1.165) is 63.0 Å². The van der Waals surface area contributed by atoms with Gasteiger partial charge in [-0.3, -0.25) is 19.7 Å². The lowest BCUT2D eigenvalue weighted by atomic mass is 9.95. The lowest BCUT2D eigenvalue weighted by molar-refractivity contribution is 0.0879. The minimum Gasteiger partial charge on any atom is -0.353 e. The molecule has 7 rings (SSSR count). The third-order valence-electron chi connectivity index (χ3n) is 6.87. The minimum atomic E-state index is -0.382. The van der Waals surface area contributed by atoms with Gasteiger partial charge in [-0.25, -0.2) is 0 Å². The first-order valence-electron chi connectivity index (χ1n) is 10.5. The quantitative estimate of drug-likeness (QED) is 0.318. The molecule has 31 heavy (non-hydrogen) atoms. The van der Waals surface area contributed by atoms with Crippen LogP contribution in [0.3, 0.4) is 0 Å². The largest absolute Gasteiger partial charge is 0.353 e. The summed E-state index contributed by atoms with van der Waals surface area (Å²) in [5.41, 5.74) is 6.49. The van der Waals surface area contributed by atoms with Gasteiger partial charge in [0.25, 0.3) is 11.8 Å². The van der Waals surface area contributed by atoms with Crippen LogP contribution in [-0.2, 0) is 13.0 Å². The highest BCUT2D eigenvalue weighted by Crippen LogP contribution is 2.45. The van der Waals surface area contributed by atoms with Gasteiger partial charge in [-0.2, -0.15) is 0 Å². The Morgan fingerprint density at radius 2 is 1.77 bits per heavy atom. The maximum absolute atomic E-state index is 13.0. The highest BCUT2D eigenvalue weighted by atomic mass is 16.2. The van der Waals surface area contributed by atoms with Crippen LogP contribution in [0.1, 0.15) is 50.0 Å². The monoisotopic (exact) mass is 407 g/mol. The standard InChI is InChI=1S/C25H17N3O3/c1-11(29)13-7-8-16-15(10-13)17-19-20(25(31)27-24(19)30)18-14-6-2-4-12-5-3-9-28(22(12)14)23(18)21(17)26-16/h2,4,6-8,10,26H,3,5,9H2,1H3,(H,27,30,31). The molecule has 2 aromatic heterocycles. The second-order valence-electron chi connectivity index (χ2n) is 8.52. The molecular formula is C25H17N3O3. The topological polar surface area (TPSA) is 84.0 Å². The molecule has 2 aliphatic heterocycles. The Kier molecular flexibility index (Phi) is 2.93. The van der Waals surface area contributed by atoms with Gasteiger partial charge in [0.05, 0.1) is 27.7 Å². The summed E-state index contributed by atoms with van der Waals surface area (Å²) in [5.74, 6) is -0.775. The van der Waals surface area contributed by atoms with Gasteiger partial charge < -0.3 is 9.55 Å². The summed E-state index contributed by atoms with van der Waals surface area (Å²) in [5, 5.41) is 5.87. The number of benzene rings is 3. The van der Waals surface area contributed by atoms with Gasteiger partial charge in [0.1, 0.15) is 0 Å². The van der Waals surface area contributed by atoms with Gasteiger partial charge in [-0.15, -0.1) is 0 Å². The Labute approximate surface area is 175 Å². The van der Waals surface area contributed by atoms with Gasteiger partial charge in [0.2, 0.25) is 0 Å². The van der Waals surface area contributed by atoms with E-state index < -0.39 is 0 Å². The van der Waals surface area contributed by atoms with E-state index in [4.69, 9.17) is 0 Å². The van der Waals surface area contributed by atoms with Crippen LogP contribution in [-0.4, -0.2) is 27.1 Å². The molecule has 3 aromatic carbocycles. The average Bonchev–Trinajstić information content (AvgIpc) is 3.39. The highest BCUT2D eigenvalue weighted by Gasteiger charge is 2.36. The van der Waals surface area contributed by atoms with E-state index in [1.54, 1.807) is 6.07 Å². The van der Waals surface area contributed by atoms with Crippen molar-refractivity contribution in [1.82, 2.24) is 14.9 Å². The second-order valence-corrected chi connectivity index (χ2v) is 8.52. The van der Waals surface area contributed by atoms with Gasteiger partial charge in [-0.1, -0.05) is 18.2 Å². The van der Waals surface area contributed by atoms with Gasteiger partial charge in [-0.05, 0) is 43.5 Å². The summed E-state index contributed by atoms with van der Waals surface area (Å²) in [7, 11) is 0. The lowest BCUT2D eigenvalue weighted by Crippen LogP contribution is -2.20. The molecule has 5 aromatic rings. The molecule has 6 nitrogen and oxygen atoms in total. The van der Waals surface area contributed by atoms with E-state index in [2.05, 4.69) is 20.9 Å². The predicted molar refractivity (Wildman–Crippen MR) is 119 cm³/mol. The summed E-state index contributed by atoms with van der Waals surface area (Å²) in [6, 6.07) is 11.7. The SMILES string of the molecule is CC(=O)c1ccc2[nH]c3c(c4c(c5c6cccc7c6n(c35)CCC7)C(=O)NC4=O)c2c1. The average molecular weight is 407 g/mol. The lowest BCUT2D eigenvalue weighted by Gasteiger charge is -2.16. The number of H-pyrrole nitrogens is 1. The maximum atomic E-state index is 13.0. The molecular weight excluding hydrogens is 390 g/mol. The molecule has 150 valence electrons. The van der Waals surface area contributed by atoms with Crippen molar-refractivity contribution < 1.29 is 14.4 Å². The molecule has 0 bridgehead atoms. The molecule has 0 saturated heterocycles. The van der Waals surface area contributed by atoms with Crippen molar-refractivity contribution in [3.05, 3.63) is 58.7 Å². The van der Waals surface area contributed by atoms with Crippen LogP contribution >= 0.6 is 0 Å². The molecule has 0 fully saturated rings. The number of nitrogens with one attached hydrogen (secondary N) is 2. The summed E-state index contributed by atoms with van der Waals surface area (Å²) >= 11 is 0. The van der Waals surface area contributed by atoms with Crippen LogP contribution in [0.5, 0.6) is 0 Å². The van der Waals surface area contributed by atoms with E-state index in [0.29, 0.717) is 16.7 Å². The zero-order valence-electron chi connectivity index (χ0n) is 16.8. The number of nitrogens with zero attached hydrogens (tertiary/aromatic N) is 1. The summed E-state index contributed by atoms with van der Waals surface area (Å²) < 4.78 is 2.30. The maximum Gasteiger partial charge on any atom is 0.259 e. The number of hydrogen-bond acceptors (Lipinski definition) is 3. The summed E-state index contributed by atoms with van der Waals surface area (Å²) in [6.07, 6.45) is 2.02. The first kappa shape index (κ1) is 16.8. The number of aromatic nitrogens is 2. The number of fused-ring (bicyclic) bond motifs is 10. The van der Waals surface area contributed by atoms with Crippen LogP contribution in [0.25, 0.3) is 43.6 Å². The molecule has 0 aliphatic carbocycles. The van der Waals surface area contributed by atoms with Crippen LogP contribution < -0.4 is 5.32 Å². The molecule has 4 heterocycles. The normalized spacial score (nSPS) is 15.4. The fourth-order valence-corrected chi connectivity index (χ4v) is 5.63. The predicted octanol–water partition coefficient (Wildman–Crippen LogP) is 4.46. The smallest absolute Gasteiger partial charge is 0.259 e. The Morgan fingerprint density at radius 3 is 2.58 bits per heavy atom. The number of para-hydroxylation sites is 1. The molecule has 2 amide bonds. The second kappa shape index (κ2) is 5.40. The molecule has 0 radical (unpaired) electrons. The van der Waals surface area contributed by atoms with Crippen molar-refractivity contribution in [3.8, 4) is 0 Å². The highest BCUT2D eigenvalue weighted by molar-refractivity contribution is 6.39. The molecule has 0 atom stereocenters. The first-order valence-corrected chi connectivity index (χ1v) is 10.5. The third kappa shape index (κ3) is 1.90. The fourth-order valence-electron chi connectivity index (χ4n) is 5.63. The Bertz CT molecular complexity index is 1700. The molecule has 0 spiro atoms.